The van der Waals surface area contributed by atoms with Crippen LogP contribution >= 0.6 is 11.6 Å². The predicted molar refractivity (Wildman–Crippen MR) is 78.7 cm³/mol. The molecule has 0 fully saturated rings. The third-order valence-electron chi connectivity index (χ3n) is 3.18. The fourth-order valence-electron chi connectivity index (χ4n) is 2.20. The molecule has 0 aliphatic carbocycles. The van der Waals surface area contributed by atoms with E-state index in [2.05, 4.69) is 15.0 Å². The van der Waals surface area contributed by atoms with Gasteiger partial charge in [0.15, 0.2) is 5.82 Å². The van der Waals surface area contributed by atoms with Crippen LogP contribution in [-0.2, 0) is 0 Å². The van der Waals surface area contributed by atoms with E-state index in [9.17, 15) is 0 Å². The van der Waals surface area contributed by atoms with Gasteiger partial charge in [-0.25, -0.2) is 9.97 Å². The van der Waals surface area contributed by atoms with Crippen molar-refractivity contribution in [3.8, 4) is 11.4 Å². The lowest BCUT2D eigenvalue weighted by molar-refractivity contribution is 1.04. The summed E-state index contributed by atoms with van der Waals surface area (Å²) in [7, 11) is 0. The molecule has 0 atom stereocenters. The molecule has 20 heavy (non-hydrogen) atoms. The molecular weight excluding hydrogens is 272 g/mol. The second-order valence-electron chi connectivity index (χ2n) is 4.46. The lowest BCUT2D eigenvalue weighted by Crippen LogP contribution is -1.95. The molecule has 4 rings (SSSR count). The van der Waals surface area contributed by atoms with Gasteiger partial charge in [0.25, 0.3) is 0 Å². The van der Waals surface area contributed by atoms with E-state index in [-0.39, 0.29) is 0 Å². The Bertz CT molecular complexity index is 912. The summed E-state index contributed by atoms with van der Waals surface area (Å²) in [6.45, 7) is 0. The number of nitrogens with zero attached hydrogens (tertiary/aromatic N) is 4. The molecule has 0 N–H and O–H groups in total. The summed E-state index contributed by atoms with van der Waals surface area (Å²) in [5.74, 6) is 1.29. The van der Waals surface area contributed by atoms with E-state index in [4.69, 9.17) is 11.6 Å². The van der Waals surface area contributed by atoms with Gasteiger partial charge in [0.2, 0.25) is 5.78 Å². The van der Waals surface area contributed by atoms with Crippen molar-refractivity contribution < 1.29 is 0 Å². The Morgan fingerprint density at radius 1 is 0.900 bits per heavy atom. The largest absolute Gasteiger partial charge is 0.267 e. The van der Waals surface area contributed by atoms with Crippen molar-refractivity contribution in [2.24, 2.45) is 0 Å². The van der Waals surface area contributed by atoms with Crippen LogP contribution in [0.4, 0.5) is 0 Å². The highest BCUT2D eigenvalue weighted by Crippen LogP contribution is 2.20. The van der Waals surface area contributed by atoms with E-state index in [1.54, 1.807) is 6.33 Å². The number of hydrogen-bond donors (Lipinski definition) is 0. The smallest absolute Gasteiger partial charge is 0.238 e. The van der Waals surface area contributed by atoms with Crippen LogP contribution in [0.2, 0.25) is 5.02 Å². The van der Waals surface area contributed by atoms with Gasteiger partial charge in [0.05, 0.1) is 11.0 Å². The van der Waals surface area contributed by atoms with Gasteiger partial charge in [0.1, 0.15) is 6.33 Å². The van der Waals surface area contributed by atoms with E-state index in [0.29, 0.717) is 16.6 Å². The van der Waals surface area contributed by atoms with Crippen molar-refractivity contribution in [1.29, 1.82) is 0 Å². The molecule has 4 aromatic rings. The molecule has 96 valence electrons. The van der Waals surface area contributed by atoms with Crippen LogP contribution < -0.4 is 0 Å². The number of para-hydroxylation sites is 2. The Morgan fingerprint density at radius 3 is 2.55 bits per heavy atom. The molecule has 2 aromatic heterocycles. The van der Waals surface area contributed by atoms with Crippen LogP contribution in [0, 0.1) is 0 Å². The number of fused-ring (bicyclic) bond motifs is 3. The highest BCUT2D eigenvalue weighted by Gasteiger charge is 2.07. The summed E-state index contributed by atoms with van der Waals surface area (Å²) < 4.78 is 1.88. The van der Waals surface area contributed by atoms with Crippen molar-refractivity contribution in [3.63, 3.8) is 0 Å². The number of rotatable bonds is 1. The first-order valence-electron chi connectivity index (χ1n) is 6.17. The van der Waals surface area contributed by atoms with Crippen LogP contribution in [0.1, 0.15) is 0 Å². The zero-order valence-electron chi connectivity index (χ0n) is 10.4. The Kier molecular flexibility index (Phi) is 2.44. The van der Waals surface area contributed by atoms with E-state index in [1.165, 1.54) is 0 Å². The molecule has 4 nitrogen and oxygen atoms in total. The number of benzene rings is 2. The number of halogens is 1. The maximum Gasteiger partial charge on any atom is 0.238 e. The van der Waals surface area contributed by atoms with Gasteiger partial charge < -0.3 is 0 Å². The van der Waals surface area contributed by atoms with Crippen LogP contribution in [0.25, 0.3) is 28.2 Å². The van der Waals surface area contributed by atoms with Crippen molar-refractivity contribution in [2.45, 2.75) is 0 Å². The Hall–Kier alpha value is -2.46. The molecule has 0 bridgehead atoms. The molecule has 2 heterocycles. The average molecular weight is 281 g/mol. The third kappa shape index (κ3) is 1.73. The van der Waals surface area contributed by atoms with Crippen molar-refractivity contribution >= 4 is 28.4 Å². The second kappa shape index (κ2) is 4.28. The summed E-state index contributed by atoms with van der Waals surface area (Å²) >= 11 is 5.89. The van der Waals surface area contributed by atoms with Gasteiger partial charge in [-0.15, -0.1) is 0 Å². The molecule has 0 radical (unpaired) electrons. The number of imidazole rings is 1. The van der Waals surface area contributed by atoms with Crippen molar-refractivity contribution in [2.75, 3.05) is 0 Å². The maximum atomic E-state index is 5.89. The Labute approximate surface area is 119 Å². The number of aromatic nitrogens is 4. The SMILES string of the molecule is Clc1ccc(-c2ncn3c(n2)nc2ccccc23)cc1. The van der Waals surface area contributed by atoms with Gasteiger partial charge in [0, 0.05) is 10.6 Å². The summed E-state index contributed by atoms with van der Waals surface area (Å²) in [4.78, 5) is 13.4. The minimum Gasteiger partial charge on any atom is -0.267 e. The van der Waals surface area contributed by atoms with Gasteiger partial charge in [-0.05, 0) is 36.4 Å². The quantitative estimate of drug-likeness (QED) is 0.535. The van der Waals surface area contributed by atoms with E-state index >= 15 is 0 Å². The molecule has 5 heteroatoms. The van der Waals surface area contributed by atoms with E-state index in [0.717, 1.165) is 16.6 Å². The summed E-state index contributed by atoms with van der Waals surface area (Å²) in [5, 5.41) is 0.696. The minimum absolute atomic E-state index is 0.643. The fourth-order valence-corrected chi connectivity index (χ4v) is 2.32. The maximum absolute atomic E-state index is 5.89. The first-order chi connectivity index (χ1) is 9.81. The average Bonchev–Trinajstić information content (AvgIpc) is 2.85. The standard InChI is InChI=1S/C15H9ClN4/c16-11-7-5-10(6-8-11)14-17-9-20-13-4-2-1-3-12(13)18-15(20)19-14/h1-9H. The first-order valence-corrected chi connectivity index (χ1v) is 6.55. The summed E-state index contributed by atoms with van der Waals surface area (Å²) in [6.07, 6.45) is 1.75. The molecule has 0 saturated carbocycles. The van der Waals surface area contributed by atoms with Gasteiger partial charge in [-0.2, -0.15) is 4.98 Å². The highest BCUT2D eigenvalue weighted by atomic mass is 35.5. The zero-order chi connectivity index (χ0) is 13.5. The Morgan fingerprint density at radius 2 is 1.70 bits per heavy atom. The lowest BCUT2D eigenvalue weighted by Gasteiger charge is -2.00. The molecule has 0 saturated heterocycles. The second-order valence-corrected chi connectivity index (χ2v) is 4.89. The molecule has 0 unspecified atom stereocenters. The fraction of sp³-hybridized carbons (Fsp3) is 0. The topological polar surface area (TPSA) is 43.1 Å². The third-order valence-corrected chi connectivity index (χ3v) is 3.43. The zero-order valence-corrected chi connectivity index (χ0v) is 11.1. The summed E-state index contributed by atoms with van der Waals surface area (Å²) in [5.41, 5.74) is 2.84. The van der Waals surface area contributed by atoms with Crippen LogP contribution in [0.3, 0.4) is 0 Å². The molecule has 0 spiro atoms. The van der Waals surface area contributed by atoms with E-state index in [1.807, 2.05) is 52.9 Å². The molecule has 0 amide bonds. The monoisotopic (exact) mass is 280 g/mol. The Balaban J connectivity index is 1.94. The van der Waals surface area contributed by atoms with Crippen LogP contribution in [-0.4, -0.2) is 19.4 Å². The number of hydrogen-bond acceptors (Lipinski definition) is 3. The van der Waals surface area contributed by atoms with Crippen LogP contribution in [0.15, 0.2) is 54.9 Å². The first kappa shape index (κ1) is 11.4. The normalized spacial score (nSPS) is 11.2. The van der Waals surface area contributed by atoms with Gasteiger partial charge in [-0.3, -0.25) is 4.40 Å². The summed E-state index contributed by atoms with van der Waals surface area (Å²) in [6, 6.07) is 15.4. The van der Waals surface area contributed by atoms with Gasteiger partial charge in [-0.1, -0.05) is 23.7 Å². The molecule has 0 aliphatic heterocycles. The highest BCUT2D eigenvalue weighted by molar-refractivity contribution is 6.30. The van der Waals surface area contributed by atoms with E-state index < -0.39 is 0 Å². The minimum atomic E-state index is 0.643. The van der Waals surface area contributed by atoms with Crippen LogP contribution in [0.5, 0.6) is 0 Å². The van der Waals surface area contributed by atoms with Crippen molar-refractivity contribution in [3.05, 3.63) is 59.9 Å². The van der Waals surface area contributed by atoms with Crippen molar-refractivity contribution in [1.82, 2.24) is 19.4 Å². The van der Waals surface area contributed by atoms with Gasteiger partial charge >= 0.3 is 0 Å². The molecular formula is C15H9ClN4. The molecule has 2 aromatic carbocycles. The molecule has 0 aliphatic rings. The predicted octanol–water partition coefficient (Wildman–Crippen LogP) is 3.60. The lowest BCUT2D eigenvalue weighted by atomic mass is 10.2.